The van der Waals surface area contributed by atoms with Crippen molar-refractivity contribution in [2.24, 2.45) is 5.73 Å². The van der Waals surface area contributed by atoms with Gasteiger partial charge in [-0.15, -0.1) is 0 Å². The minimum absolute atomic E-state index is 0.108. The SMILES string of the molecule is COc1ccc([C@@H]2C3=C(CCCC3=O)Nc3c(C(N)=O)cnn32)cc1. The van der Waals surface area contributed by atoms with Gasteiger partial charge in [0, 0.05) is 17.7 Å². The van der Waals surface area contributed by atoms with E-state index in [4.69, 9.17) is 10.5 Å². The van der Waals surface area contributed by atoms with E-state index in [-0.39, 0.29) is 11.8 Å². The summed E-state index contributed by atoms with van der Waals surface area (Å²) >= 11 is 0. The fourth-order valence-electron chi connectivity index (χ4n) is 3.53. The molecule has 2 aliphatic rings. The molecule has 1 atom stereocenters. The normalized spacial score (nSPS) is 19.1. The van der Waals surface area contributed by atoms with Crippen molar-refractivity contribution < 1.29 is 14.3 Å². The third-order valence-corrected chi connectivity index (χ3v) is 4.74. The van der Waals surface area contributed by atoms with Crippen LogP contribution in [0.1, 0.15) is 41.2 Å². The minimum Gasteiger partial charge on any atom is -0.497 e. The smallest absolute Gasteiger partial charge is 0.254 e. The molecule has 2 aromatic rings. The van der Waals surface area contributed by atoms with Crippen LogP contribution in [-0.4, -0.2) is 28.6 Å². The Morgan fingerprint density at radius 1 is 1.32 bits per heavy atom. The van der Waals surface area contributed by atoms with Crippen LogP contribution in [0.5, 0.6) is 5.75 Å². The maximum absolute atomic E-state index is 12.6. The summed E-state index contributed by atoms with van der Waals surface area (Å²) in [6.07, 6.45) is 3.52. The van der Waals surface area contributed by atoms with Gasteiger partial charge in [0.15, 0.2) is 5.78 Å². The first-order chi connectivity index (χ1) is 12.1. The van der Waals surface area contributed by atoms with E-state index >= 15 is 0 Å². The van der Waals surface area contributed by atoms with E-state index in [0.29, 0.717) is 23.4 Å². The van der Waals surface area contributed by atoms with Gasteiger partial charge >= 0.3 is 0 Å². The van der Waals surface area contributed by atoms with Crippen LogP contribution in [0.3, 0.4) is 0 Å². The maximum Gasteiger partial charge on any atom is 0.254 e. The number of Topliss-reactive ketones (excluding diaryl/α,β-unsaturated/α-hetero) is 1. The van der Waals surface area contributed by atoms with E-state index < -0.39 is 5.91 Å². The molecule has 4 rings (SSSR count). The predicted molar refractivity (Wildman–Crippen MR) is 91.4 cm³/mol. The number of nitrogens with zero attached hydrogens (tertiary/aromatic N) is 2. The summed E-state index contributed by atoms with van der Waals surface area (Å²) in [6, 6.07) is 7.15. The van der Waals surface area contributed by atoms with Crippen LogP contribution in [0.15, 0.2) is 41.7 Å². The molecule has 1 amide bonds. The van der Waals surface area contributed by atoms with Crippen LogP contribution in [-0.2, 0) is 4.79 Å². The number of allylic oxidation sites excluding steroid dienone is 2. The third kappa shape index (κ3) is 2.39. The Morgan fingerprint density at radius 2 is 2.08 bits per heavy atom. The quantitative estimate of drug-likeness (QED) is 0.892. The minimum atomic E-state index is -0.548. The zero-order chi connectivity index (χ0) is 17.6. The molecule has 1 aliphatic heterocycles. The zero-order valence-electron chi connectivity index (χ0n) is 13.8. The monoisotopic (exact) mass is 338 g/mol. The van der Waals surface area contributed by atoms with E-state index in [1.165, 1.54) is 6.20 Å². The lowest BCUT2D eigenvalue weighted by atomic mass is 9.85. The lowest BCUT2D eigenvalue weighted by Crippen LogP contribution is -2.32. The van der Waals surface area contributed by atoms with Crippen molar-refractivity contribution >= 4 is 17.5 Å². The predicted octanol–water partition coefficient (Wildman–Crippen LogP) is 2.01. The highest BCUT2D eigenvalue weighted by Gasteiger charge is 2.37. The lowest BCUT2D eigenvalue weighted by molar-refractivity contribution is -0.116. The second-order valence-corrected chi connectivity index (χ2v) is 6.19. The van der Waals surface area contributed by atoms with Gasteiger partial charge in [-0.05, 0) is 30.5 Å². The van der Waals surface area contributed by atoms with Gasteiger partial charge in [0.1, 0.15) is 23.2 Å². The van der Waals surface area contributed by atoms with Gasteiger partial charge in [-0.2, -0.15) is 5.10 Å². The van der Waals surface area contributed by atoms with Crippen LogP contribution < -0.4 is 15.8 Å². The van der Waals surface area contributed by atoms with Crippen molar-refractivity contribution in [2.75, 3.05) is 12.4 Å². The third-order valence-electron chi connectivity index (χ3n) is 4.74. The van der Waals surface area contributed by atoms with Gasteiger partial charge in [0.2, 0.25) is 0 Å². The zero-order valence-corrected chi connectivity index (χ0v) is 13.8. The largest absolute Gasteiger partial charge is 0.497 e. The Labute approximate surface area is 144 Å². The molecule has 7 nitrogen and oxygen atoms in total. The molecule has 0 fully saturated rings. The second-order valence-electron chi connectivity index (χ2n) is 6.19. The number of hydrogen-bond donors (Lipinski definition) is 2. The summed E-state index contributed by atoms with van der Waals surface area (Å²) in [5.74, 6) is 0.840. The number of carbonyl (C=O) groups excluding carboxylic acids is 2. The van der Waals surface area contributed by atoms with Crippen molar-refractivity contribution in [3.8, 4) is 5.75 Å². The number of amides is 1. The number of ketones is 1. The average molecular weight is 338 g/mol. The summed E-state index contributed by atoms with van der Waals surface area (Å²) in [4.78, 5) is 24.3. The van der Waals surface area contributed by atoms with E-state index in [1.54, 1.807) is 11.8 Å². The molecule has 7 heteroatoms. The number of anilines is 1. The summed E-state index contributed by atoms with van der Waals surface area (Å²) in [5, 5.41) is 7.55. The van der Waals surface area contributed by atoms with Crippen molar-refractivity contribution in [1.82, 2.24) is 9.78 Å². The van der Waals surface area contributed by atoms with Crippen LogP contribution in [0.25, 0.3) is 0 Å². The molecule has 0 saturated carbocycles. The Balaban J connectivity index is 1.90. The molecular weight excluding hydrogens is 320 g/mol. The topological polar surface area (TPSA) is 99.2 Å². The Bertz CT molecular complexity index is 896. The number of nitrogens with two attached hydrogens (primary N) is 1. The number of methoxy groups -OCH3 is 1. The Morgan fingerprint density at radius 3 is 2.76 bits per heavy atom. The number of hydrogen-bond acceptors (Lipinski definition) is 5. The molecule has 3 N–H and O–H groups in total. The molecule has 2 heterocycles. The van der Waals surface area contributed by atoms with Gasteiger partial charge < -0.3 is 15.8 Å². The maximum atomic E-state index is 12.6. The molecular formula is C18H18N4O3. The van der Waals surface area contributed by atoms with E-state index in [1.807, 2.05) is 24.3 Å². The summed E-state index contributed by atoms with van der Waals surface area (Å²) in [6.45, 7) is 0. The molecule has 128 valence electrons. The molecule has 1 aliphatic carbocycles. The first-order valence-corrected chi connectivity index (χ1v) is 8.14. The number of carbonyl (C=O) groups is 2. The van der Waals surface area contributed by atoms with Gasteiger partial charge in [-0.1, -0.05) is 12.1 Å². The van der Waals surface area contributed by atoms with E-state index in [0.717, 1.165) is 29.9 Å². The standard InChI is InChI=1S/C18H18N4O3/c1-25-11-7-5-10(6-8-11)16-15-13(3-2-4-14(15)23)21-18-12(17(19)24)9-20-22(16)18/h5-9,16,21H,2-4H2,1H3,(H2,19,24)/t16-/m1/s1. The summed E-state index contributed by atoms with van der Waals surface area (Å²) in [7, 11) is 1.61. The van der Waals surface area contributed by atoms with E-state index in [9.17, 15) is 9.59 Å². The van der Waals surface area contributed by atoms with Crippen LogP contribution in [0.2, 0.25) is 0 Å². The van der Waals surface area contributed by atoms with Gasteiger partial charge in [-0.3, -0.25) is 9.59 Å². The number of aromatic nitrogens is 2. The highest BCUT2D eigenvalue weighted by Crippen LogP contribution is 2.41. The van der Waals surface area contributed by atoms with Crippen molar-refractivity contribution in [3.05, 3.63) is 52.9 Å². The highest BCUT2D eigenvalue weighted by molar-refractivity contribution is 6.02. The molecule has 0 unspecified atom stereocenters. The number of fused-ring (bicyclic) bond motifs is 1. The fraction of sp³-hybridized carbons (Fsp3) is 0.278. The first-order valence-electron chi connectivity index (χ1n) is 8.14. The van der Waals surface area contributed by atoms with Crippen molar-refractivity contribution in [2.45, 2.75) is 25.3 Å². The van der Waals surface area contributed by atoms with Crippen LogP contribution >= 0.6 is 0 Å². The number of nitrogens with one attached hydrogen (secondary N) is 1. The second kappa shape index (κ2) is 5.77. The molecule has 25 heavy (non-hydrogen) atoms. The highest BCUT2D eigenvalue weighted by atomic mass is 16.5. The van der Waals surface area contributed by atoms with Gasteiger partial charge in [0.25, 0.3) is 5.91 Å². The first kappa shape index (κ1) is 15.4. The van der Waals surface area contributed by atoms with Crippen LogP contribution in [0.4, 0.5) is 5.82 Å². The summed E-state index contributed by atoms with van der Waals surface area (Å²) < 4.78 is 6.89. The lowest BCUT2D eigenvalue weighted by Gasteiger charge is -2.33. The average Bonchev–Trinajstić information content (AvgIpc) is 3.04. The van der Waals surface area contributed by atoms with E-state index in [2.05, 4.69) is 10.4 Å². The Hall–Kier alpha value is -3.09. The molecule has 0 bridgehead atoms. The molecule has 0 radical (unpaired) electrons. The van der Waals surface area contributed by atoms with Gasteiger partial charge in [-0.25, -0.2) is 4.68 Å². The van der Waals surface area contributed by atoms with Crippen LogP contribution in [0, 0.1) is 0 Å². The fourth-order valence-corrected chi connectivity index (χ4v) is 3.53. The summed E-state index contributed by atoms with van der Waals surface area (Å²) in [5.41, 5.74) is 8.26. The number of benzene rings is 1. The Kier molecular flexibility index (Phi) is 3.56. The van der Waals surface area contributed by atoms with Gasteiger partial charge in [0.05, 0.1) is 13.3 Å². The number of rotatable bonds is 3. The molecule has 1 aromatic carbocycles. The number of primary amides is 1. The molecule has 1 aromatic heterocycles. The van der Waals surface area contributed by atoms with Crippen molar-refractivity contribution in [1.29, 1.82) is 0 Å². The molecule has 0 spiro atoms. The molecule has 0 saturated heterocycles. The van der Waals surface area contributed by atoms with Crippen molar-refractivity contribution in [3.63, 3.8) is 0 Å². The number of ether oxygens (including phenoxy) is 1.